The van der Waals surface area contributed by atoms with Crippen molar-refractivity contribution in [1.29, 1.82) is 0 Å². The number of nitrogens with zero attached hydrogens (tertiary/aromatic N) is 1. The molecule has 2 saturated heterocycles. The second-order valence-corrected chi connectivity index (χ2v) is 3.50. The molecular formula is C7H12N2O2. The smallest absolute Gasteiger partial charge is 0.245 e. The van der Waals surface area contributed by atoms with Crippen molar-refractivity contribution in [2.24, 2.45) is 5.92 Å². The Morgan fingerprint density at radius 2 is 2.55 bits per heavy atom. The Labute approximate surface area is 65.5 Å². The number of amides is 1. The van der Waals surface area contributed by atoms with Crippen LogP contribution in [0.4, 0.5) is 0 Å². The number of nitrogens with one attached hydrogen (secondary N) is 1. The number of likely N-dealkylation sites (N-methyl/N-ethyl adjacent to an activating group) is 1. The maximum absolute atomic E-state index is 11.5. The Kier molecular flexibility index (Phi) is 1.25. The van der Waals surface area contributed by atoms with Gasteiger partial charge in [0.2, 0.25) is 5.91 Å². The van der Waals surface area contributed by atoms with Crippen molar-refractivity contribution in [3.63, 3.8) is 0 Å². The molecule has 2 rings (SSSR count). The van der Waals surface area contributed by atoms with E-state index >= 15 is 0 Å². The van der Waals surface area contributed by atoms with Crippen LogP contribution in [0.15, 0.2) is 0 Å². The fourth-order valence-corrected chi connectivity index (χ4v) is 1.81. The largest absolute Gasteiger partial charge is 0.344 e. The van der Waals surface area contributed by atoms with E-state index < -0.39 is 5.54 Å². The van der Waals surface area contributed by atoms with Crippen LogP contribution in [0.3, 0.4) is 0 Å². The number of rotatable bonds is 0. The fraction of sp³-hybridized carbons (Fsp3) is 0.857. The van der Waals surface area contributed by atoms with E-state index in [9.17, 15) is 4.79 Å². The van der Waals surface area contributed by atoms with E-state index in [0.29, 0.717) is 12.5 Å². The molecule has 2 atom stereocenters. The zero-order valence-corrected chi connectivity index (χ0v) is 6.76. The predicted molar refractivity (Wildman–Crippen MR) is 38.6 cm³/mol. The predicted octanol–water partition coefficient (Wildman–Crippen LogP) is -0.632. The zero-order chi connectivity index (χ0) is 8.06. The van der Waals surface area contributed by atoms with Crippen LogP contribution >= 0.6 is 0 Å². The average Bonchev–Trinajstić information content (AvgIpc) is 2.39. The van der Waals surface area contributed by atoms with E-state index in [2.05, 4.69) is 5.48 Å². The molecule has 62 valence electrons. The fourth-order valence-electron chi connectivity index (χ4n) is 1.81. The monoisotopic (exact) mass is 156 g/mol. The van der Waals surface area contributed by atoms with Gasteiger partial charge in [0.1, 0.15) is 5.54 Å². The van der Waals surface area contributed by atoms with Gasteiger partial charge >= 0.3 is 0 Å². The van der Waals surface area contributed by atoms with Gasteiger partial charge in [-0.05, 0) is 6.92 Å². The molecule has 2 aliphatic rings. The van der Waals surface area contributed by atoms with Gasteiger partial charge in [-0.15, -0.1) is 0 Å². The zero-order valence-electron chi connectivity index (χ0n) is 6.76. The number of hydroxylamine groups is 1. The molecule has 0 bridgehead atoms. The van der Waals surface area contributed by atoms with E-state index in [1.54, 1.807) is 4.90 Å². The number of hydrogen-bond donors (Lipinski definition) is 1. The van der Waals surface area contributed by atoms with Crippen molar-refractivity contribution in [1.82, 2.24) is 10.4 Å². The SMILES string of the molecule is CN1C[C@H]2CON[C@@]2(C)C1=O. The molecule has 0 spiro atoms. The van der Waals surface area contributed by atoms with Crippen molar-refractivity contribution in [2.75, 3.05) is 20.2 Å². The molecule has 2 fully saturated rings. The van der Waals surface area contributed by atoms with Crippen LogP contribution in [0.25, 0.3) is 0 Å². The van der Waals surface area contributed by atoms with Crippen LogP contribution in [0, 0.1) is 5.92 Å². The molecule has 1 amide bonds. The molecule has 2 heterocycles. The highest BCUT2D eigenvalue weighted by molar-refractivity contribution is 5.88. The van der Waals surface area contributed by atoms with E-state index in [0.717, 1.165) is 6.54 Å². The molecule has 0 unspecified atom stereocenters. The van der Waals surface area contributed by atoms with Crippen LogP contribution in [0.5, 0.6) is 0 Å². The minimum absolute atomic E-state index is 0.139. The lowest BCUT2D eigenvalue weighted by atomic mass is 9.91. The number of carbonyl (C=O) groups is 1. The van der Waals surface area contributed by atoms with Gasteiger partial charge in [-0.2, -0.15) is 5.48 Å². The topological polar surface area (TPSA) is 41.6 Å². The Bertz CT molecular complexity index is 207. The summed E-state index contributed by atoms with van der Waals surface area (Å²) in [6.45, 7) is 3.35. The summed E-state index contributed by atoms with van der Waals surface area (Å²) in [5.74, 6) is 0.458. The molecule has 0 aliphatic carbocycles. The van der Waals surface area contributed by atoms with Crippen LogP contribution in [0.2, 0.25) is 0 Å². The normalized spacial score (nSPS) is 43.3. The molecule has 2 aliphatic heterocycles. The van der Waals surface area contributed by atoms with E-state index in [1.165, 1.54) is 0 Å². The molecule has 0 saturated carbocycles. The lowest BCUT2D eigenvalue weighted by Crippen LogP contribution is -2.47. The first-order valence-electron chi connectivity index (χ1n) is 3.79. The summed E-state index contributed by atoms with van der Waals surface area (Å²) in [6.07, 6.45) is 0. The van der Waals surface area contributed by atoms with E-state index in [-0.39, 0.29) is 5.91 Å². The first-order chi connectivity index (χ1) is 5.14. The van der Waals surface area contributed by atoms with Crippen LogP contribution in [-0.2, 0) is 9.63 Å². The maximum Gasteiger partial charge on any atom is 0.245 e. The average molecular weight is 156 g/mol. The maximum atomic E-state index is 11.5. The second-order valence-electron chi connectivity index (χ2n) is 3.50. The van der Waals surface area contributed by atoms with Crippen LogP contribution < -0.4 is 5.48 Å². The Balaban J connectivity index is 2.30. The number of hydrogen-bond acceptors (Lipinski definition) is 3. The van der Waals surface area contributed by atoms with Gasteiger partial charge in [-0.1, -0.05) is 0 Å². The third-order valence-electron chi connectivity index (χ3n) is 2.67. The van der Waals surface area contributed by atoms with Gasteiger partial charge in [-0.3, -0.25) is 4.79 Å². The molecule has 4 heteroatoms. The summed E-state index contributed by atoms with van der Waals surface area (Å²) in [6, 6.07) is 0. The van der Waals surface area contributed by atoms with Gasteiger partial charge < -0.3 is 9.74 Å². The van der Waals surface area contributed by atoms with Crippen molar-refractivity contribution in [3.8, 4) is 0 Å². The molecular weight excluding hydrogens is 144 g/mol. The van der Waals surface area contributed by atoms with E-state index in [4.69, 9.17) is 4.84 Å². The third-order valence-corrected chi connectivity index (χ3v) is 2.67. The highest BCUT2D eigenvalue weighted by Crippen LogP contribution is 2.31. The first kappa shape index (κ1) is 7.06. The third kappa shape index (κ3) is 0.736. The molecule has 0 aromatic carbocycles. The summed E-state index contributed by atoms with van der Waals surface area (Å²) in [7, 11) is 1.83. The van der Waals surface area contributed by atoms with Crippen LogP contribution in [0.1, 0.15) is 6.92 Å². The van der Waals surface area contributed by atoms with Gasteiger partial charge in [0.25, 0.3) is 0 Å². The highest BCUT2D eigenvalue weighted by Gasteiger charge is 2.53. The summed E-state index contributed by atoms with van der Waals surface area (Å²) in [5, 5.41) is 0. The molecule has 4 nitrogen and oxygen atoms in total. The van der Waals surface area contributed by atoms with Crippen LogP contribution in [-0.4, -0.2) is 36.5 Å². The Morgan fingerprint density at radius 1 is 1.82 bits per heavy atom. The minimum atomic E-state index is -0.450. The number of likely N-dealkylation sites (tertiary alicyclic amines) is 1. The second kappa shape index (κ2) is 1.95. The molecule has 11 heavy (non-hydrogen) atoms. The van der Waals surface area contributed by atoms with Gasteiger partial charge in [0.05, 0.1) is 6.61 Å². The number of carbonyl (C=O) groups excluding carboxylic acids is 1. The lowest BCUT2D eigenvalue weighted by Gasteiger charge is -2.18. The van der Waals surface area contributed by atoms with Crippen molar-refractivity contribution < 1.29 is 9.63 Å². The molecule has 1 N–H and O–H groups in total. The van der Waals surface area contributed by atoms with Crippen molar-refractivity contribution in [2.45, 2.75) is 12.5 Å². The summed E-state index contributed by atoms with van der Waals surface area (Å²) in [4.78, 5) is 18.3. The molecule has 0 aromatic heterocycles. The standard InChI is InChI=1S/C7H12N2O2/c1-7-5(4-11-8-7)3-9(2)6(7)10/h5,8H,3-4H2,1-2H3/t5-,7+/m0/s1. The Morgan fingerprint density at radius 3 is 3.18 bits per heavy atom. The minimum Gasteiger partial charge on any atom is -0.344 e. The van der Waals surface area contributed by atoms with Crippen molar-refractivity contribution >= 4 is 5.91 Å². The summed E-state index contributed by atoms with van der Waals surface area (Å²) in [5.41, 5.74) is 2.33. The van der Waals surface area contributed by atoms with Gasteiger partial charge in [0.15, 0.2) is 0 Å². The summed E-state index contributed by atoms with van der Waals surface area (Å²) < 4.78 is 0. The van der Waals surface area contributed by atoms with E-state index in [1.807, 2.05) is 14.0 Å². The summed E-state index contributed by atoms with van der Waals surface area (Å²) >= 11 is 0. The highest BCUT2D eigenvalue weighted by atomic mass is 16.7. The Hall–Kier alpha value is -0.610. The first-order valence-corrected chi connectivity index (χ1v) is 3.79. The lowest BCUT2D eigenvalue weighted by molar-refractivity contribution is -0.134. The van der Waals surface area contributed by atoms with Crippen molar-refractivity contribution in [3.05, 3.63) is 0 Å². The molecule has 0 aromatic rings. The van der Waals surface area contributed by atoms with Gasteiger partial charge in [0, 0.05) is 19.5 Å². The number of fused-ring (bicyclic) bond motifs is 1. The van der Waals surface area contributed by atoms with Gasteiger partial charge in [-0.25, -0.2) is 0 Å². The quantitative estimate of drug-likeness (QED) is 0.507. The molecule has 0 radical (unpaired) electrons.